The van der Waals surface area contributed by atoms with E-state index in [0.717, 1.165) is 4.47 Å². The fourth-order valence-corrected chi connectivity index (χ4v) is 3.40. The molecule has 1 aromatic carbocycles. The Morgan fingerprint density at radius 2 is 1.95 bits per heavy atom. The van der Waals surface area contributed by atoms with Crippen LogP contribution < -0.4 is 10.5 Å². The van der Waals surface area contributed by atoms with E-state index in [9.17, 15) is 8.42 Å². The van der Waals surface area contributed by atoms with Crippen molar-refractivity contribution >= 4 is 53.4 Å². The Morgan fingerprint density at radius 3 is 2.63 bits per heavy atom. The molecule has 1 heterocycles. The number of halogens is 2. The first-order chi connectivity index (χ1) is 8.90. The SMILES string of the molecule is Nc1ncccc1S(=O)(=O)Nc1cc(Br)ccc1Br. The van der Waals surface area contributed by atoms with Crippen molar-refractivity contribution in [1.29, 1.82) is 0 Å². The summed E-state index contributed by atoms with van der Waals surface area (Å²) in [7, 11) is -3.77. The van der Waals surface area contributed by atoms with E-state index in [4.69, 9.17) is 5.73 Å². The summed E-state index contributed by atoms with van der Waals surface area (Å²) >= 11 is 6.56. The van der Waals surface area contributed by atoms with E-state index in [1.807, 2.05) is 0 Å². The van der Waals surface area contributed by atoms with Crippen molar-refractivity contribution in [3.05, 3.63) is 45.5 Å². The lowest BCUT2D eigenvalue weighted by atomic mass is 10.3. The van der Waals surface area contributed by atoms with Gasteiger partial charge in [0.15, 0.2) is 0 Å². The molecule has 0 radical (unpaired) electrons. The molecule has 0 aliphatic rings. The Balaban J connectivity index is 2.43. The predicted molar refractivity (Wildman–Crippen MR) is 81.3 cm³/mol. The normalized spacial score (nSPS) is 11.3. The van der Waals surface area contributed by atoms with E-state index in [1.165, 1.54) is 18.3 Å². The average molecular weight is 407 g/mol. The standard InChI is InChI=1S/C11H9Br2N3O2S/c12-7-3-4-8(13)9(6-7)16-19(17,18)10-2-1-5-15-11(10)14/h1-6,16H,(H2,14,15). The summed E-state index contributed by atoms with van der Waals surface area (Å²) in [6.07, 6.45) is 1.43. The number of pyridine rings is 1. The van der Waals surface area contributed by atoms with Crippen LogP contribution in [-0.4, -0.2) is 13.4 Å². The van der Waals surface area contributed by atoms with E-state index in [0.29, 0.717) is 10.2 Å². The van der Waals surface area contributed by atoms with E-state index >= 15 is 0 Å². The Bertz CT molecular complexity index is 720. The monoisotopic (exact) mass is 405 g/mol. The smallest absolute Gasteiger partial charge is 0.265 e. The number of nitrogens with zero attached hydrogens (tertiary/aromatic N) is 1. The minimum Gasteiger partial charge on any atom is -0.383 e. The van der Waals surface area contributed by atoms with Gasteiger partial charge in [-0.05, 0) is 46.3 Å². The highest BCUT2D eigenvalue weighted by Gasteiger charge is 2.19. The van der Waals surface area contributed by atoms with Gasteiger partial charge in [-0.3, -0.25) is 4.72 Å². The van der Waals surface area contributed by atoms with Gasteiger partial charge in [-0.2, -0.15) is 0 Å². The van der Waals surface area contributed by atoms with Crippen molar-refractivity contribution in [1.82, 2.24) is 4.98 Å². The number of nitrogens with one attached hydrogen (secondary N) is 1. The zero-order valence-electron chi connectivity index (χ0n) is 9.47. The molecule has 0 fully saturated rings. The fourth-order valence-electron chi connectivity index (χ4n) is 1.41. The maximum atomic E-state index is 12.2. The molecule has 0 aliphatic heterocycles. The van der Waals surface area contributed by atoms with Crippen LogP contribution in [0.3, 0.4) is 0 Å². The quantitative estimate of drug-likeness (QED) is 0.820. The van der Waals surface area contributed by atoms with Gasteiger partial charge in [0, 0.05) is 15.1 Å². The van der Waals surface area contributed by atoms with Crippen LogP contribution in [0.1, 0.15) is 0 Å². The molecule has 3 N–H and O–H groups in total. The molecule has 1 aromatic heterocycles. The summed E-state index contributed by atoms with van der Waals surface area (Å²) in [5, 5.41) is 0. The minimum absolute atomic E-state index is 0.0406. The zero-order chi connectivity index (χ0) is 14.0. The molecule has 0 aliphatic carbocycles. The predicted octanol–water partition coefficient (Wildman–Crippen LogP) is 2.99. The third-order valence-electron chi connectivity index (χ3n) is 2.26. The van der Waals surface area contributed by atoms with Crippen molar-refractivity contribution in [3.8, 4) is 0 Å². The molecule has 19 heavy (non-hydrogen) atoms. The first-order valence-electron chi connectivity index (χ1n) is 5.08. The summed E-state index contributed by atoms with van der Waals surface area (Å²) in [6, 6.07) is 8.08. The van der Waals surface area contributed by atoms with Crippen LogP contribution >= 0.6 is 31.9 Å². The van der Waals surface area contributed by atoms with E-state index in [1.54, 1.807) is 18.2 Å². The zero-order valence-corrected chi connectivity index (χ0v) is 13.5. The van der Waals surface area contributed by atoms with E-state index in [2.05, 4.69) is 41.6 Å². The van der Waals surface area contributed by atoms with Crippen LogP contribution in [0.4, 0.5) is 11.5 Å². The molecular formula is C11H9Br2N3O2S. The lowest BCUT2D eigenvalue weighted by Crippen LogP contribution is -2.15. The molecule has 2 rings (SSSR count). The van der Waals surface area contributed by atoms with Crippen molar-refractivity contribution in [2.75, 3.05) is 10.5 Å². The Kier molecular flexibility index (Phi) is 4.12. The molecule has 0 saturated carbocycles. The Morgan fingerprint density at radius 1 is 1.21 bits per heavy atom. The van der Waals surface area contributed by atoms with Gasteiger partial charge < -0.3 is 5.73 Å². The van der Waals surface area contributed by atoms with Gasteiger partial charge in [-0.25, -0.2) is 13.4 Å². The van der Waals surface area contributed by atoms with Gasteiger partial charge in [0.2, 0.25) is 0 Å². The maximum absolute atomic E-state index is 12.2. The van der Waals surface area contributed by atoms with Crippen LogP contribution in [0.15, 0.2) is 50.4 Å². The highest BCUT2D eigenvalue weighted by molar-refractivity contribution is 9.11. The molecule has 0 bridgehead atoms. The van der Waals surface area contributed by atoms with Crippen LogP contribution in [0.5, 0.6) is 0 Å². The van der Waals surface area contributed by atoms with Crippen molar-refractivity contribution in [2.24, 2.45) is 0 Å². The number of sulfonamides is 1. The highest BCUT2D eigenvalue weighted by Crippen LogP contribution is 2.29. The van der Waals surface area contributed by atoms with Crippen molar-refractivity contribution < 1.29 is 8.42 Å². The molecule has 0 unspecified atom stereocenters. The molecule has 0 amide bonds. The molecule has 0 saturated heterocycles. The van der Waals surface area contributed by atoms with Crippen LogP contribution in [0, 0.1) is 0 Å². The van der Waals surface area contributed by atoms with Gasteiger partial charge in [-0.1, -0.05) is 15.9 Å². The largest absolute Gasteiger partial charge is 0.383 e. The lowest BCUT2D eigenvalue weighted by Gasteiger charge is -2.11. The number of nitrogens with two attached hydrogens (primary N) is 1. The number of rotatable bonds is 3. The minimum atomic E-state index is -3.77. The summed E-state index contributed by atoms with van der Waals surface area (Å²) in [5.41, 5.74) is 5.99. The Labute approximate surface area is 127 Å². The van der Waals surface area contributed by atoms with Gasteiger partial charge in [0.05, 0.1) is 5.69 Å². The molecule has 100 valence electrons. The molecule has 0 atom stereocenters. The summed E-state index contributed by atoms with van der Waals surface area (Å²) in [6.45, 7) is 0. The molecule has 2 aromatic rings. The average Bonchev–Trinajstić information content (AvgIpc) is 2.34. The molecule has 8 heteroatoms. The topological polar surface area (TPSA) is 85.1 Å². The van der Waals surface area contributed by atoms with Gasteiger partial charge in [0.25, 0.3) is 10.0 Å². The Hall–Kier alpha value is -1.12. The van der Waals surface area contributed by atoms with Crippen molar-refractivity contribution in [3.63, 3.8) is 0 Å². The second kappa shape index (κ2) is 5.48. The third-order valence-corrected chi connectivity index (χ3v) is 4.86. The second-order valence-electron chi connectivity index (χ2n) is 3.62. The number of nitrogen functional groups attached to an aromatic ring is 1. The molecular weight excluding hydrogens is 398 g/mol. The number of benzene rings is 1. The molecule has 5 nitrogen and oxygen atoms in total. The van der Waals surface area contributed by atoms with Crippen molar-refractivity contribution in [2.45, 2.75) is 4.90 Å². The van der Waals surface area contributed by atoms with E-state index in [-0.39, 0.29) is 10.7 Å². The van der Waals surface area contributed by atoms with Gasteiger partial charge in [-0.15, -0.1) is 0 Å². The first-order valence-corrected chi connectivity index (χ1v) is 8.15. The number of aromatic nitrogens is 1. The second-order valence-corrected chi connectivity index (χ2v) is 7.04. The van der Waals surface area contributed by atoms with Crippen LogP contribution in [0.25, 0.3) is 0 Å². The van der Waals surface area contributed by atoms with Gasteiger partial charge in [0.1, 0.15) is 10.7 Å². The summed E-state index contributed by atoms with van der Waals surface area (Å²) < 4.78 is 28.3. The summed E-state index contributed by atoms with van der Waals surface area (Å²) in [5.74, 6) is -0.0406. The molecule has 0 spiro atoms. The number of hydrogen-bond donors (Lipinski definition) is 2. The van der Waals surface area contributed by atoms with E-state index < -0.39 is 10.0 Å². The number of hydrogen-bond acceptors (Lipinski definition) is 4. The van der Waals surface area contributed by atoms with Gasteiger partial charge >= 0.3 is 0 Å². The summed E-state index contributed by atoms with van der Waals surface area (Å²) in [4.78, 5) is 3.71. The maximum Gasteiger partial charge on any atom is 0.265 e. The number of anilines is 2. The fraction of sp³-hybridized carbons (Fsp3) is 0. The van der Waals surface area contributed by atoms with Crippen LogP contribution in [-0.2, 0) is 10.0 Å². The first kappa shape index (κ1) is 14.3. The van der Waals surface area contributed by atoms with Crippen LogP contribution in [0.2, 0.25) is 0 Å². The lowest BCUT2D eigenvalue weighted by molar-refractivity contribution is 0.601. The third kappa shape index (κ3) is 3.26. The highest BCUT2D eigenvalue weighted by atomic mass is 79.9.